The van der Waals surface area contributed by atoms with Crippen molar-refractivity contribution in [3.8, 4) is 17.1 Å². The van der Waals surface area contributed by atoms with Crippen molar-refractivity contribution in [1.82, 2.24) is 20.0 Å². The highest BCUT2D eigenvalue weighted by Crippen LogP contribution is 2.27. The van der Waals surface area contributed by atoms with E-state index in [9.17, 15) is 4.79 Å². The Kier molecular flexibility index (Phi) is 6.11. The number of thiazole rings is 1. The van der Waals surface area contributed by atoms with Crippen molar-refractivity contribution in [2.24, 2.45) is 5.10 Å². The third-order valence-corrected chi connectivity index (χ3v) is 4.76. The molecule has 3 rings (SSSR count). The summed E-state index contributed by atoms with van der Waals surface area (Å²) in [4.78, 5) is 20.6. The van der Waals surface area contributed by atoms with E-state index in [2.05, 4.69) is 45.8 Å². The fourth-order valence-electron chi connectivity index (χ4n) is 2.50. The molecule has 2 aromatic heterocycles. The Labute approximate surface area is 171 Å². The van der Waals surface area contributed by atoms with Gasteiger partial charge >= 0.3 is 0 Å². The summed E-state index contributed by atoms with van der Waals surface area (Å²) in [6.07, 6.45) is 4.46. The molecule has 0 atom stereocenters. The average Bonchev–Trinajstić information content (AvgIpc) is 3.10. The van der Waals surface area contributed by atoms with Gasteiger partial charge in [0.1, 0.15) is 0 Å². The molecule has 0 unspecified atom stereocenters. The van der Waals surface area contributed by atoms with Gasteiger partial charge in [-0.3, -0.25) is 9.78 Å². The van der Waals surface area contributed by atoms with Crippen LogP contribution in [0, 0.1) is 0 Å². The van der Waals surface area contributed by atoms with Gasteiger partial charge in [0.15, 0.2) is 6.61 Å². The minimum Gasteiger partial charge on any atom is -0.466 e. The molecular formula is C19H20ClN5O2S. The van der Waals surface area contributed by atoms with Crippen molar-refractivity contribution in [1.29, 1.82) is 0 Å². The summed E-state index contributed by atoms with van der Waals surface area (Å²) in [7, 11) is 0. The quantitative estimate of drug-likeness (QED) is 0.645. The number of carbonyl (C=O) groups excluding carboxylic acids is 1. The zero-order valence-electron chi connectivity index (χ0n) is 15.7. The third-order valence-electron chi connectivity index (χ3n) is 3.69. The average molecular weight is 418 g/mol. The molecule has 1 aromatic carbocycles. The molecule has 0 radical (unpaired) electrons. The Bertz CT molecular complexity index is 1010. The molecule has 0 fully saturated rings. The summed E-state index contributed by atoms with van der Waals surface area (Å²) in [5.74, 6) is -0.101. The summed E-state index contributed by atoms with van der Waals surface area (Å²) < 4.78 is 7.35. The summed E-state index contributed by atoms with van der Waals surface area (Å²) in [5.41, 5.74) is 4.32. The fraction of sp³-hybridized carbons (Fsp3) is 0.263. The Morgan fingerprint density at radius 3 is 2.68 bits per heavy atom. The highest BCUT2D eigenvalue weighted by molar-refractivity contribution is 7.07. The number of nitrogens with one attached hydrogen (secondary N) is 1. The van der Waals surface area contributed by atoms with Crippen molar-refractivity contribution in [2.75, 3.05) is 6.61 Å². The van der Waals surface area contributed by atoms with Crippen LogP contribution in [0.3, 0.4) is 0 Å². The molecule has 0 saturated heterocycles. The first-order chi connectivity index (χ1) is 13.3. The molecule has 0 spiro atoms. The number of hydrogen-bond donors (Lipinski definition) is 1. The lowest BCUT2D eigenvalue weighted by Crippen LogP contribution is -2.34. The molecule has 0 aliphatic heterocycles. The van der Waals surface area contributed by atoms with E-state index in [0.717, 1.165) is 11.3 Å². The highest BCUT2D eigenvalue weighted by Gasteiger charge is 2.20. The zero-order valence-corrected chi connectivity index (χ0v) is 17.3. The van der Waals surface area contributed by atoms with Crippen LogP contribution in [0.1, 0.15) is 20.8 Å². The Balaban J connectivity index is 1.81. The Morgan fingerprint density at radius 1 is 1.29 bits per heavy atom. The predicted molar refractivity (Wildman–Crippen MR) is 109 cm³/mol. The van der Waals surface area contributed by atoms with Gasteiger partial charge in [0.25, 0.3) is 5.91 Å². The van der Waals surface area contributed by atoms with E-state index in [1.807, 2.05) is 29.6 Å². The number of hydrogen-bond acceptors (Lipinski definition) is 6. The van der Waals surface area contributed by atoms with E-state index in [-0.39, 0.29) is 23.9 Å². The Hall–Kier alpha value is -2.71. The van der Waals surface area contributed by atoms with Gasteiger partial charge in [-0.1, -0.05) is 23.7 Å². The summed E-state index contributed by atoms with van der Waals surface area (Å²) >= 11 is 7.45. The molecule has 0 saturated carbocycles. The SMILES string of the molecule is CC(C)(C)n1c(-c2ccc(Cl)cc2)cs/c1=N\NC(=O)COc1cnccn1. The van der Waals surface area contributed by atoms with Gasteiger partial charge in [-0.2, -0.15) is 0 Å². The van der Waals surface area contributed by atoms with Crippen LogP contribution in [0.4, 0.5) is 0 Å². The Morgan fingerprint density at radius 2 is 2.04 bits per heavy atom. The second-order valence-corrected chi connectivity index (χ2v) is 8.17. The maximum absolute atomic E-state index is 12.1. The van der Waals surface area contributed by atoms with E-state index in [1.54, 1.807) is 0 Å². The van der Waals surface area contributed by atoms with Crippen molar-refractivity contribution >= 4 is 28.8 Å². The van der Waals surface area contributed by atoms with Crippen LogP contribution >= 0.6 is 22.9 Å². The summed E-state index contributed by atoms with van der Waals surface area (Å²) in [6.45, 7) is 6.04. The molecule has 7 nitrogen and oxygen atoms in total. The number of amides is 1. The lowest BCUT2D eigenvalue weighted by Gasteiger charge is -2.24. The molecule has 2 heterocycles. The van der Waals surface area contributed by atoms with Crippen molar-refractivity contribution in [3.63, 3.8) is 0 Å². The maximum Gasteiger partial charge on any atom is 0.278 e. The first-order valence-corrected chi connectivity index (χ1v) is 9.79. The topological polar surface area (TPSA) is 81.4 Å². The van der Waals surface area contributed by atoms with Crippen molar-refractivity contribution < 1.29 is 9.53 Å². The van der Waals surface area contributed by atoms with Gasteiger partial charge in [0.05, 0.1) is 11.9 Å². The predicted octanol–water partition coefficient (Wildman–Crippen LogP) is 3.43. The van der Waals surface area contributed by atoms with Crippen LogP contribution in [0.15, 0.2) is 53.3 Å². The number of nitrogens with zero attached hydrogens (tertiary/aromatic N) is 4. The van der Waals surface area contributed by atoms with Crippen molar-refractivity contribution in [2.45, 2.75) is 26.3 Å². The monoisotopic (exact) mass is 417 g/mol. The first-order valence-electron chi connectivity index (χ1n) is 8.53. The zero-order chi connectivity index (χ0) is 20.1. The number of benzene rings is 1. The van der Waals surface area contributed by atoms with Gasteiger partial charge in [-0.25, -0.2) is 10.4 Å². The molecule has 1 N–H and O–H groups in total. The smallest absolute Gasteiger partial charge is 0.278 e. The molecule has 0 aliphatic rings. The van der Waals surface area contributed by atoms with Gasteiger partial charge in [0.2, 0.25) is 10.7 Å². The third kappa shape index (κ3) is 4.96. The lowest BCUT2D eigenvalue weighted by molar-refractivity contribution is -0.123. The number of rotatable bonds is 5. The second-order valence-electron chi connectivity index (χ2n) is 6.90. The van der Waals surface area contributed by atoms with Crippen LogP contribution in [-0.2, 0) is 10.3 Å². The van der Waals surface area contributed by atoms with Crippen LogP contribution < -0.4 is 15.0 Å². The molecule has 146 valence electrons. The van der Waals surface area contributed by atoms with E-state index >= 15 is 0 Å². The highest BCUT2D eigenvalue weighted by atomic mass is 35.5. The van der Waals surface area contributed by atoms with E-state index in [4.69, 9.17) is 16.3 Å². The lowest BCUT2D eigenvalue weighted by atomic mass is 10.1. The number of carbonyl (C=O) groups is 1. The van der Waals surface area contributed by atoms with Crippen LogP contribution in [0.5, 0.6) is 5.88 Å². The molecule has 9 heteroatoms. The van der Waals surface area contributed by atoms with E-state index < -0.39 is 0 Å². The maximum atomic E-state index is 12.1. The first kappa shape index (κ1) is 20.0. The minimum absolute atomic E-state index is 0.201. The van der Waals surface area contributed by atoms with Gasteiger partial charge in [0, 0.05) is 28.3 Å². The number of ether oxygens (including phenoxy) is 1. The summed E-state index contributed by atoms with van der Waals surface area (Å²) in [6, 6.07) is 7.63. The van der Waals surface area contributed by atoms with Crippen LogP contribution in [-0.4, -0.2) is 27.0 Å². The van der Waals surface area contributed by atoms with Crippen LogP contribution in [0.2, 0.25) is 5.02 Å². The normalized spacial score (nSPS) is 12.1. The number of halogens is 1. The molecular weight excluding hydrogens is 398 g/mol. The van der Waals surface area contributed by atoms with Gasteiger partial charge < -0.3 is 9.30 Å². The molecule has 3 aromatic rings. The van der Waals surface area contributed by atoms with Crippen LogP contribution in [0.25, 0.3) is 11.3 Å². The standard InChI is InChI=1S/C19H20ClN5O2S/c1-19(2,3)25-15(13-4-6-14(20)7-5-13)12-28-18(25)24-23-16(26)11-27-17-10-21-8-9-22-17/h4-10,12H,11H2,1-3H3,(H,23,26)/b24-18-. The summed E-state index contributed by atoms with van der Waals surface area (Å²) in [5, 5.41) is 6.98. The molecule has 1 amide bonds. The molecule has 0 aliphatic carbocycles. The number of aromatic nitrogens is 3. The second kappa shape index (κ2) is 8.53. The van der Waals surface area contributed by atoms with E-state index in [1.165, 1.54) is 29.9 Å². The van der Waals surface area contributed by atoms with Crippen molar-refractivity contribution in [3.05, 3.63) is 58.1 Å². The van der Waals surface area contributed by atoms with Gasteiger partial charge in [-0.15, -0.1) is 16.4 Å². The minimum atomic E-state index is -0.382. The fourth-order valence-corrected chi connectivity index (χ4v) is 3.66. The van der Waals surface area contributed by atoms with E-state index in [0.29, 0.717) is 9.82 Å². The molecule has 0 bridgehead atoms. The van der Waals surface area contributed by atoms with Gasteiger partial charge in [-0.05, 0) is 38.5 Å². The molecule has 28 heavy (non-hydrogen) atoms. The largest absolute Gasteiger partial charge is 0.466 e.